The van der Waals surface area contributed by atoms with Gasteiger partial charge < -0.3 is 10.0 Å². The van der Waals surface area contributed by atoms with Crippen LogP contribution in [0.4, 0.5) is 0 Å². The molecule has 0 bridgehead atoms. The Morgan fingerprint density at radius 1 is 0.688 bits per heavy atom. The fourth-order valence-corrected chi connectivity index (χ4v) is 2.12. The minimum atomic E-state index is 0.321. The molecule has 4 heteroatoms. The lowest BCUT2D eigenvalue weighted by atomic mass is 10.2. The fraction of sp³-hybridized carbons (Fsp3) is 1.00. The van der Waals surface area contributed by atoms with Gasteiger partial charge in [0.2, 0.25) is 0 Å². The number of thiol groups is 2. The number of aliphatic hydroxyl groups excluding tert-OH is 1. The van der Waals surface area contributed by atoms with Crippen molar-refractivity contribution in [3.05, 3.63) is 0 Å². The van der Waals surface area contributed by atoms with Crippen LogP contribution >= 0.6 is 25.3 Å². The van der Waals surface area contributed by atoms with Crippen LogP contribution in [0.5, 0.6) is 0 Å². The summed E-state index contributed by atoms with van der Waals surface area (Å²) in [7, 11) is 0. The summed E-state index contributed by atoms with van der Waals surface area (Å²) in [6, 6.07) is 0. The predicted octanol–water partition coefficient (Wildman–Crippen LogP) is 2.48. The first-order valence-electron chi connectivity index (χ1n) is 6.40. The summed E-state index contributed by atoms with van der Waals surface area (Å²) >= 11 is 8.47. The molecule has 0 rings (SSSR count). The van der Waals surface area contributed by atoms with Crippen LogP contribution in [0.25, 0.3) is 0 Å². The van der Waals surface area contributed by atoms with E-state index in [0.717, 1.165) is 30.9 Å². The van der Waals surface area contributed by atoms with Gasteiger partial charge in [-0.3, -0.25) is 0 Å². The molecule has 0 spiro atoms. The first kappa shape index (κ1) is 16.6. The number of unbranched alkanes of at least 4 members (excludes halogenated alkanes) is 3. The fourth-order valence-electron chi connectivity index (χ4n) is 1.68. The van der Waals surface area contributed by atoms with Crippen molar-refractivity contribution < 1.29 is 5.11 Å². The molecule has 0 aliphatic carbocycles. The van der Waals surface area contributed by atoms with Gasteiger partial charge in [0, 0.05) is 6.61 Å². The normalized spacial score (nSPS) is 11.2. The molecule has 0 saturated carbocycles. The van der Waals surface area contributed by atoms with Crippen LogP contribution < -0.4 is 0 Å². The molecule has 2 nitrogen and oxygen atoms in total. The molecule has 1 N–H and O–H groups in total. The Morgan fingerprint density at radius 3 is 1.50 bits per heavy atom. The van der Waals surface area contributed by atoms with Crippen molar-refractivity contribution in [1.82, 2.24) is 4.90 Å². The summed E-state index contributed by atoms with van der Waals surface area (Å²) in [6.45, 7) is 3.80. The molecule has 98 valence electrons. The maximum absolute atomic E-state index is 8.77. The van der Waals surface area contributed by atoms with Crippen LogP contribution in [-0.2, 0) is 0 Å². The van der Waals surface area contributed by atoms with Gasteiger partial charge >= 0.3 is 0 Å². The first-order chi connectivity index (χ1) is 7.85. The second-order valence-corrected chi connectivity index (χ2v) is 5.03. The Kier molecular flexibility index (Phi) is 14.2. The van der Waals surface area contributed by atoms with Crippen LogP contribution in [0.3, 0.4) is 0 Å². The van der Waals surface area contributed by atoms with Crippen LogP contribution in [0, 0.1) is 0 Å². The minimum Gasteiger partial charge on any atom is -0.396 e. The molecule has 0 saturated heterocycles. The maximum atomic E-state index is 8.77. The Labute approximate surface area is 112 Å². The number of nitrogens with zero attached hydrogens (tertiary/aromatic N) is 1. The van der Waals surface area contributed by atoms with Crippen molar-refractivity contribution in [3.63, 3.8) is 0 Å². The van der Waals surface area contributed by atoms with Gasteiger partial charge in [0.1, 0.15) is 0 Å². The van der Waals surface area contributed by atoms with Gasteiger partial charge in [-0.2, -0.15) is 25.3 Å². The highest BCUT2D eigenvalue weighted by atomic mass is 32.1. The molecule has 0 aliphatic rings. The van der Waals surface area contributed by atoms with Gasteiger partial charge in [-0.15, -0.1) is 0 Å². The molecule has 0 radical (unpaired) electrons. The molecule has 0 aliphatic heterocycles. The smallest absolute Gasteiger partial charge is 0.0431 e. The molecule has 0 amide bonds. The summed E-state index contributed by atoms with van der Waals surface area (Å²) < 4.78 is 0. The highest BCUT2D eigenvalue weighted by Gasteiger charge is 2.03. The van der Waals surface area contributed by atoms with Crippen molar-refractivity contribution in [2.24, 2.45) is 0 Å². The third-order valence-electron chi connectivity index (χ3n) is 2.65. The van der Waals surface area contributed by atoms with Gasteiger partial charge in [-0.25, -0.2) is 0 Å². The molecule has 16 heavy (non-hydrogen) atoms. The summed E-state index contributed by atoms with van der Waals surface area (Å²) in [4.78, 5) is 2.52. The summed E-state index contributed by atoms with van der Waals surface area (Å²) in [5.74, 6) is 1.97. The number of rotatable bonds is 12. The third kappa shape index (κ3) is 11.1. The van der Waals surface area contributed by atoms with E-state index in [9.17, 15) is 0 Å². The van der Waals surface area contributed by atoms with Gasteiger partial charge in [0.15, 0.2) is 0 Å². The van der Waals surface area contributed by atoms with Crippen molar-refractivity contribution in [3.8, 4) is 0 Å². The molecule has 0 unspecified atom stereocenters. The summed E-state index contributed by atoms with van der Waals surface area (Å²) in [5.41, 5.74) is 0. The monoisotopic (exact) mass is 265 g/mol. The zero-order chi connectivity index (χ0) is 12.1. The summed E-state index contributed by atoms with van der Waals surface area (Å²) in [6.07, 6.45) is 6.92. The average molecular weight is 265 g/mol. The Hall–Kier alpha value is 0.620. The largest absolute Gasteiger partial charge is 0.396 e. The molecular weight excluding hydrogens is 238 g/mol. The van der Waals surface area contributed by atoms with E-state index in [4.69, 9.17) is 5.11 Å². The van der Waals surface area contributed by atoms with Crippen molar-refractivity contribution in [1.29, 1.82) is 0 Å². The number of aliphatic hydroxyl groups is 1. The average Bonchev–Trinajstić information content (AvgIpc) is 2.29. The van der Waals surface area contributed by atoms with Crippen molar-refractivity contribution in [2.45, 2.75) is 38.5 Å². The topological polar surface area (TPSA) is 23.5 Å². The lowest BCUT2D eigenvalue weighted by Gasteiger charge is -2.21. The van der Waals surface area contributed by atoms with E-state index in [-0.39, 0.29) is 0 Å². The van der Waals surface area contributed by atoms with Crippen LogP contribution in [0.15, 0.2) is 0 Å². The lowest BCUT2D eigenvalue weighted by molar-refractivity contribution is 0.237. The molecule has 0 aromatic carbocycles. The van der Waals surface area contributed by atoms with E-state index in [0.29, 0.717) is 6.61 Å². The van der Waals surface area contributed by atoms with Crippen molar-refractivity contribution in [2.75, 3.05) is 37.7 Å². The SMILES string of the molecule is OCCCCN(CCCCS)CCCCS. The Balaban J connectivity index is 3.58. The molecule has 0 aromatic rings. The number of hydrogen-bond acceptors (Lipinski definition) is 4. The van der Waals surface area contributed by atoms with Crippen LogP contribution in [0.1, 0.15) is 38.5 Å². The molecular formula is C12H27NOS2. The molecule has 0 aromatic heterocycles. The van der Waals surface area contributed by atoms with E-state index < -0.39 is 0 Å². The molecule has 0 heterocycles. The van der Waals surface area contributed by atoms with Crippen molar-refractivity contribution >= 4 is 25.3 Å². The second kappa shape index (κ2) is 13.7. The zero-order valence-electron chi connectivity index (χ0n) is 10.3. The quantitative estimate of drug-likeness (QED) is 0.373. The zero-order valence-corrected chi connectivity index (χ0v) is 12.1. The van der Waals surface area contributed by atoms with Gasteiger partial charge in [0.25, 0.3) is 0 Å². The molecule has 0 fully saturated rings. The predicted molar refractivity (Wildman–Crippen MR) is 78.9 cm³/mol. The maximum Gasteiger partial charge on any atom is 0.0431 e. The van der Waals surface area contributed by atoms with Gasteiger partial charge in [0.05, 0.1) is 0 Å². The van der Waals surface area contributed by atoms with E-state index in [2.05, 4.69) is 30.2 Å². The molecule has 0 atom stereocenters. The highest BCUT2D eigenvalue weighted by molar-refractivity contribution is 7.80. The lowest BCUT2D eigenvalue weighted by Crippen LogP contribution is -2.27. The number of hydrogen-bond donors (Lipinski definition) is 3. The van der Waals surface area contributed by atoms with E-state index in [1.54, 1.807) is 0 Å². The van der Waals surface area contributed by atoms with Gasteiger partial charge in [-0.1, -0.05) is 0 Å². The summed E-state index contributed by atoms with van der Waals surface area (Å²) in [5, 5.41) is 8.77. The van der Waals surface area contributed by atoms with E-state index >= 15 is 0 Å². The van der Waals surface area contributed by atoms with Crippen LogP contribution in [-0.4, -0.2) is 47.8 Å². The Morgan fingerprint density at radius 2 is 1.12 bits per heavy atom. The van der Waals surface area contributed by atoms with Crippen LogP contribution in [0.2, 0.25) is 0 Å². The Bertz CT molecular complexity index is 112. The van der Waals surface area contributed by atoms with Gasteiger partial charge in [-0.05, 0) is 69.7 Å². The second-order valence-electron chi connectivity index (χ2n) is 4.13. The highest BCUT2D eigenvalue weighted by Crippen LogP contribution is 2.03. The standard InChI is InChI=1S/C12H27NOS2/c14-10-4-1-7-13(8-2-5-11-15)9-3-6-12-16/h14-16H,1-12H2. The minimum absolute atomic E-state index is 0.321. The third-order valence-corrected chi connectivity index (χ3v) is 3.28. The first-order valence-corrected chi connectivity index (χ1v) is 7.66. The van der Waals surface area contributed by atoms with E-state index in [1.165, 1.54) is 38.8 Å². The van der Waals surface area contributed by atoms with E-state index in [1.807, 2.05) is 0 Å².